The fraction of sp³-hybridized carbons (Fsp3) is 0.680. The number of fused-ring (bicyclic) bond motifs is 1. The highest BCUT2D eigenvalue weighted by Crippen LogP contribution is 2.37. The number of amides is 1. The lowest BCUT2D eigenvalue weighted by Gasteiger charge is -2.33. The lowest BCUT2D eigenvalue weighted by atomic mass is 9.82. The molecule has 36 heavy (non-hydrogen) atoms. The highest BCUT2D eigenvalue weighted by atomic mass is 19.4. The summed E-state index contributed by atoms with van der Waals surface area (Å²) in [4.78, 5) is 26.5. The van der Waals surface area contributed by atoms with Gasteiger partial charge in [-0.1, -0.05) is 13.3 Å². The zero-order chi connectivity index (χ0) is 25.9. The monoisotopic (exact) mass is 508 g/mol. The first-order chi connectivity index (χ1) is 17.2. The molecular weight excluding hydrogens is 473 g/mol. The molecular formula is C25H35F3N6O2. The number of hydrogen-bond donors (Lipinski definition) is 3. The Morgan fingerprint density at radius 1 is 1.14 bits per heavy atom. The zero-order valence-corrected chi connectivity index (χ0v) is 20.8. The van der Waals surface area contributed by atoms with E-state index in [1.54, 1.807) is 6.20 Å². The quantitative estimate of drug-likeness (QED) is 0.502. The molecule has 3 heterocycles. The topological polar surface area (TPSA) is 103 Å². The standard InChI is InChI=1S/C25H35F3N6O2/c1-3-4-15(2)31-24-30-14-20-21(33-24)19(16-5-7-18(35)8-6-16)13-29-22(20)32-17-9-11-34(12-10-17)23(36)25(26,27)28/h13-18,35H,3-12H2,1-2H3,(H,29,32)(H,30,31,33)/t15?,16-,18-. The highest BCUT2D eigenvalue weighted by molar-refractivity contribution is 5.91. The second-order valence-corrected chi connectivity index (χ2v) is 10.1. The molecule has 198 valence electrons. The van der Waals surface area contributed by atoms with Gasteiger partial charge in [-0.25, -0.2) is 15.0 Å². The van der Waals surface area contributed by atoms with E-state index in [1.807, 2.05) is 6.20 Å². The van der Waals surface area contributed by atoms with E-state index in [9.17, 15) is 23.1 Å². The molecule has 4 rings (SSSR count). The van der Waals surface area contributed by atoms with Gasteiger partial charge in [-0.2, -0.15) is 13.2 Å². The maximum Gasteiger partial charge on any atom is 0.471 e. The number of aliphatic hydroxyl groups is 1. The Kier molecular flexibility index (Phi) is 8.17. The molecule has 2 aliphatic rings. The molecule has 0 spiro atoms. The van der Waals surface area contributed by atoms with E-state index in [0.29, 0.717) is 24.6 Å². The molecule has 0 bridgehead atoms. The third kappa shape index (κ3) is 6.16. The number of rotatable bonds is 7. The first-order valence-electron chi connectivity index (χ1n) is 12.9. The van der Waals surface area contributed by atoms with Crippen molar-refractivity contribution in [1.29, 1.82) is 0 Å². The number of pyridine rings is 1. The van der Waals surface area contributed by atoms with Gasteiger partial charge in [0.2, 0.25) is 5.95 Å². The van der Waals surface area contributed by atoms with Gasteiger partial charge in [0, 0.05) is 43.1 Å². The third-order valence-electron chi connectivity index (χ3n) is 7.25. The van der Waals surface area contributed by atoms with Gasteiger partial charge in [-0.05, 0) is 57.8 Å². The van der Waals surface area contributed by atoms with Gasteiger partial charge in [0.1, 0.15) is 5.82 Å². The maximum atomic E-state index is 12.8. The molecule has 8 nitrogen and oxygen atoms in total. The Hall–Kier alpha value is -2.69. The minimum absolute atomic E-state index is 0.0380. The zero-order valence-electron chi connectivity index (χ0n) is 20.8. The number of anilines is 2. The highest BCUT2D eigenvalue weighted by Gasteiger charge is 2.43. The largest absolute Gasteiger partial charge is 0.471 e. The summed E-state index contributed by atoms with van der Waals surface area (Å²) in [5.74, 6) is -0.392. The van der Waals surface area contributed by atoms with Crippen LogP contribution in [0.2, 0.25) is 0 Å². The van der Waals surface area contributed by atoms with Crippen LogP contribution in [0.3, 0.4) is 0 Å². The van der Waals surface area contributed by atoms with Crippen molar-refractivity contribution >= 4 is 28.6 Å². The SMILES string of the molecule is CCCC(C)Nc1ncc2c(NC3CCN(C(=O)C(F)(F)F)CC3)ncc([C@H]3CC[C@H](O)CC3)c2n1. The molecule has 1 aliphatic heterocycles. The smallest absolute Gasteiger partial charge is 0.393 e. The van der Waals surface area contributed by atoms with Crippen LogP contribution in [-0.2, 0) is 4.79 Å². The third-order valence-corrected chi connectivity index (χ3v) is 7.25. The normalized spacial score (nSPS) is 22.4. The van der Waals surface area contributed by atoms with E-state index in [-0.39, 0.29) is 37.2 Å². The number of likely N-dealkylation sites (tertiary alicyclic amines) is 1. The number of alkyl halides is 3. The Morgan fingerprint density at radius 3 is 2.47 bits per heavy atom. The van der Waals surface area contributed by atoms with Crippen molar-refractivity contribution < 1.29 is 23.1 Å². The Labute approximate surface area is 209 Å². The van der Waals surface area contributed by atoms with E-state index in [4.69, 9.17) is 4.98 Å². The molecule has 1 aliphatic carbocycles. The number of carbonyl (C=O) groups excluding carboxylic acids is 1. The molecule has 2 aromatic heterocycles. The molecule has 1 saturated carbocycles. The molecule has 11 heteroatoms. The van der Waals surface area contributed by atoms with Crippen LogP contribution in [0.25, 0.3) is 10.9 Å². The summed E-state index contributed by atoms with van der Waals surface area (Å²) in [6, 6.07) is 0.112. The predicted octanol–water partition coefficient (Wildman–Crippen LogP) is 4.61. The maximum absolute atomic E-state index is 12.8. The second kappa shape index (κ2) is 11.1. The first kappa shape index (κ1) is 26.4. The van der Waals surface area contributed by atoms with Gasteiger partial charge in [0.15, 0.2) is 0 Å². The summed E-state index contributed by atoms with van der Waals surface area (Å²) in [6.07, 6.45) is 4.49. The van der Waals surface area contributed by atoms with Crippen molar-refractivity contribution in [2.45, 2.75) is 95.5 Å². The van der Waals surface area contributed by atoms with Crippen molar-refractivity contribution in [3.63, 3.8) is 0 Å². The Morgan fingerprint density at radius 2 is 1.83 bits per heavy atom. The fourth-order valence-corrected chi connectivity index (χ4v) is 5.24. The van der Waals surface area contributed by atoms with Crippen LogP contribution >= 0.6 is 0 Å². The number of nitrogens with one attached hydrogen (secondary N) is 2. The minimum atomic E-state index is -4.85. The number of halogens is 3. The minimum Gasteiger partial charge on any atom is -0.393 e. The van der Waals surface area contributed by atoms with Crippen LogP contribution in [0, 0.1) is 0 Å². The molecule has 0 radical (unpaired) electrons. The fourth-order valence-electron chi connectivity index (χ4n) is 5.24. The molecule has 2 fully saturated rings. The first-order valence-corrected chi connectivity index (χ1v) is 12.9. The van der Waals surface area contributed by atoms with E-state index >= 15 is 0 Å². The van der Waals surface area contributed by atoms with E-state index < -0.39 is 12.1 Å². The van der Waals surface area contributed by atoms with Crippen LogP contribution in [-0.4, -0.2) is 68.3 Å². The van der Waals surface area contributed by atoms with Crippen LogP contribution in [0.5, 0.6) is 0 Å². The van der Waals surface area contributed by atoms with Crippen molar-refractivity contribution in [3.05, 3.63) is 18.0 Å². The van der Waals surface area contributed by atoms with Crippen molar-refractivity contribution in [1.82, 2.24) is 19.9 Å². The summed E-state index contributed by atoms with van der Waals surface area (Å²) in [6.45, 7) is 4.30. The summed E-state index contributed by atoms with van der Waals surface area (Å²) in [7, 11) is 0. The summed E-state index contributed by atoms with van der Waals surface area (Å²) in [5.41, 5.74) is 1.83. The van der Waals surface area contributed by atoms with Crippen molar-refractivity contribution in [2.24, 2.45) is 0 Å². The van der Waals surface area contributed by atoms with Crippen LogP contribution in [0.4, 0.5) is 24.9 Å². The number of piperidine rings is 1. The average Bonchev–Trinajstić information content (AvgIpc) is 2.84. The summed E-state index contributed by atoms with van der Waals surface area (Å²) in [5, 5.41) is 17.5. The van der Waals surface area contributed by atoms with Gasteiger partial charge in [0.25, 0.3) is 0 Å². The molecule has 1 unspecified atom stereocenters. The van der Waals surface area contributed by atoms with Gasteiger partial charge in [-0.3, -0.25) is 4.79 Å². The molecule has 3 N–H and O–H groups in total. The number of nitrogens with zero attached hydrogens (tertiary/aromatic N) is 4. The second-order valence-electron chi connectivity index (χ2n) is 10.1. The average molecular weight is 509 g/mol. The lowest BCUT2D eigenvalue weighted by molar-refractivity contribution is -0.186. The summed E-state index contributed by atoms with van der Waals surface area (Å²) < 4.78 is 38.3. The molecule has 1 atom stereocenters. The molecule has 1 amide bonds. The Bertz CT molecular complexity index is 1050. The molecule has 0 aromatic carbocycles. The van der Waals surface area contributed by atoms with Gasteiger partial charge in [-0.15, -0.1) is 0 Å². The number of aromatic nitrogens is 3. The van der Waals surface area contributed by atoms with Crippen molar-refractivity contribution in [3.8, 4) is 0 Å². The van der Waals surface area contributed by atoms with Gasteiger partial charge in [0.05, 0.1) is 17.0 Å². The van der Waals surface area contributed by atoms with E-state index in [0.717, 1.165) is 59.9 Å². The number of hydrogen-bond acceptors (Lipinski definition) is 7. The molecule has 2 aromatic rings. The number of aliphatic hydroxyl groups excluding tert-OH is 1. The van der Waals surface area contributed by atoms with Gasteiger partial charge < -0.3 is 20.6 Å². The lowest BCUT2D eigenvalue weighted by Crippen LogP contribution is -2.47. The molecule has 1 saturated heterocycles. The van der Waals surface area contributed by atoms with E-state index in [1.165, 1.54) is 0 Å². The number of carbonyl (C=O) groups is 1. The van der Waals surface area contributed by atoms with Crippen LogP contribution in [0.15, 0.2) is 12.4 Å². The Balaban J connectivity index is 1.56. The summed E-state index contributed by atoms with van der Waals surface area (Å²) >= 11 is 0. The van der Waals surface area contributed by atoms with Crippen LogP contribution < -0.4 is 10.6 Å². The predicted molar refractivity (Wildman–Crippen MR) is 132 cm³/mol. The van der Waals surface area contributed by atoms with Crippen molar-refractivity contribution in [2.75, 3.05) is 23.7 Å². The van der Waals surface area contributed by atoms with E-state index in [2.05, 4.69) is 34.4 Å². The van der Waals surface area contributed by atoms with Crippen LogP contribution in [0.1, 0.15) is 76.7 Å². The van der Waals surface area contributed by atoms with Gasteiger partial charge >= 0.3 is 12.1 Å².